The number of hydrogen-bond acceptors (Lipinski definition) is 4. The zero-order chi connectivity index (χ0) is 15.2. The van der Waals surface area contributed by atoms with Crippen molar-refractivity contribution in [2.45, 2.75) is 32.7 Å². The Kier molecular flexibility index (Phi) is 5.44. The van der Waals surface area contributed by atoms with Crippen molar-refractivity contribution in [1.82, 2.24) is 4.90 Å². The number of carbonyl (C=O) groups is 1. The Morgan fingerprint density at radius 3 is 2.67 bits per heavy atom. The summed E-state index contributed by atoms with van der Waals surface area (Å²) in [6.07, 6.45) is 1.94. The SMILES string of the molecule is CCOc1ccc(C(=O)N2CCC[C@@H](N)C2)cc1OCC. The highest BCUT2D eigenvalue weighted by Gasteiger charge is 2.23. The van der Waals surface area contributed by atoms with Gasteiger partial charge in [-0.15, -0.1) is 0 Å². The van der Waals surface area contributed by atoms with E-state index in [1.54, 1.807) is 18.2 Å². The molecule has 1 aromatic rings. The Morgan fingerprint density at radius 1 is 1.29 bits per heavy atom. The van der Waals surface area contributed by atoms with E-state index in [1.807, 2.05) is 18.7 Å². The largest absolute Gasteiger partial charge is 0.490 e. The predicted octanol–water partition coefficient (Wildman–Crippen LogP) is 2.05. The zero-order valence-corrected chi connectivity index (χ0v) is 12.8. The Balaban J connectivity index is 2.18. The molecule has 1 aliphatic rings. The zero-order valence-electron chi connectivity index (χ0n) is 12.8. The number of ether oxygens (including phenoxy) is 2. The molecular formula is C16H24N2O3. The van der Waals surface area contributed by atoms with Gasteiger partial charge >= 0.3 is 0 Å². The summed E-state index contributed by atoms with van der Waals surface area (Å²) in [6, 6.07) is 5.43. The van der Waals surface area contributed by atoms with Crippen LogP contribution >= 0.6 is 0 Å². The number of amides is 1. The number of nitrogens with zero attached hydrogens (tertiary/aromatic N) is 1. The van der Waals surface area contributed by atoms with E-state index in [4.69, 9.17) is 15.2 Å². The van der Waals surface area contributed by atoms with Crippen LogP contribution in [0, 0.1) is 0 Å². The van der Waals surface area contributed by atoms with Gasteiger partial charge in [-0.2, -0.15) is 0 Å². The van der Waals surface area contributed by atoms with Gasteiger partial charge in [0.2, 0.25) is 0 Å². The Hall–Kier alpha value is -1.75. The van der Waals surface area contributed by atoms with Crippen molar-refractivity contribution in [2.75, 3.05) is 26.3 Å². The molecule has 116 valence electrons. The van der Waals surface area contributed by atoms with Crippen molar-refractivity contribution in [1.29, 1.82) is 0 Å². The molecule has 21 heavy (non-hydrogen) atoms. The lowest BCUT2D eigenvalue weighted by atomic mass is 10.1. The maximum atomic E-state index is 12.5. The van der Waals surface area contributed by atoms with Crippen molar-refractivity contribution in [3.63, 3.8) is 0 Å². The number of piperidine rings is 1. The highest BCUT2D eigenvalue weighted by molar-refractivity contribution is 5.95. The topological polar surface area (TPSA) is 64.8 Å². The Morgan fingerprint density at radius 2 is 2.00 bits per heavy atom. The molecule has 0 spiro atoms. The Labute approximate surface area is 126 Å². The molecule has 0 aromatic heterocycles. The smallest absolute Gasteiger partial charge is 0.254 e. The van der Waals surface area contributed by atoms with Gasteiger partial charge < -0.3 is 20.1 Å². The molecule has 0 saturated carbocycles. The fourth-order valence-corrected chi connectivity index (χ4v) is 2.56. The van der Waals surface area contributed by atoms with Crippen molar-refractivity contribution in [2.24, 2.45) is 5.73 Å². The fraction of sp³-hybridized carbons (Fsp3) is 0.562. The second kappa shape index (κ2) is 7.31. The fourth-order valence-electron chi connectivity index (χ4n) is 2.56. The van der Waals surface area contributed by atoms with Gasteiger partial charge in [0.25, 0.3) is 5.91 Å². The normalized spacial score (nSPS) is 18.4. The molecule has 0 aliphatic carbocycles. The van der Waals surface area contributed by atoms with Crippen LogP contribution < -0.4 is 15.2 Å². The van der Waals surface area contributed by atoms with Crippen molar-refractivity contribution in [3.05, 3.63) is 23.8 Å². The maximum absolute atomic E-state index is 12.5. The van der Waals surface area contributed by atoms with E-state index in [0.29, 0.717) is 36.8 Å². The van der Waals surface area contributed by atoms with Gasteiger partial charge in [0.15, 0.2) is 11.5 Å². The quantitative estimate of drug-likeness (QED) is 0.902. The van der Waals surface area contributed by atoms with Crippen LogP contribution in [-0.4, -0.2) is 43.2 Å². The van der Waals surface area contributed by atoms with Gasteiger partial charge in [0.1, 0.15) is 0 Å². The third-order valence-corrected chi connectivity index (χ3v) is 3.54. The third kappa shape index (κ3) is 3.88. The van der Waals surface area contributed by atoms with E-state index in [0.717, 1.165) is 19.4 Å². The first-order chi connectivity index (χ1) is 10.2. The second-order valence-electron chi connectivity index (χ2n) is 5.18. The van der Waals surface area contributed by atoms with Gasteiger partial charge in [-0.3, -0.25) is 4.79 Å². The molecule has 1 heterocycles. The molecule has 5 heteroatoms. The van der Waals surface area contributed by atoms with Crippen LogP contribution in [0.15, 0.2) is 18.2 Å². The van der Waals surface area contributed by atoms with Crippen LogP contribution in [0.2, 0.25) is 0 Å². The molecular weight excluding hydrogens is 268 g/mol. The van der Waals surface area contributed by atoms with E-state index in [1.165, 1.54) is 0 Å². The molecule has 1 amide bonds. The number of likely N-dealkylation sites (tertiary alicyclic amines) is 1. The van der Waals surface area contributed by atoms with E-state index in [2.05, 4.69) is 0 Å². The molecule has 0 bridgehead atoms. The van der Waals surface area contributed by atoms with E-state index in [-0.39, 0.29) is 11.9 Å². The van der Waals surface area contributed by atoms with E-state index in [9.17, 15) is 4.79 Å². The lowest BCUT2D eigenvalue weighted by Gasteiger charge is -2.31. The number of nitrogens with two attached hydrogens (primary N) is 1. The van der Waals surface area contributed by atoms with Gasteiger partial charge in [0, 0.05) is 24.7 Å². The van der Waals surface area contributed by atoms with E-state index >= 15 is 0 Å². The molecule has 1 aliphatic heterocycles. The molecule has 2 N–H and O–H groups in total. The molecule has 1 atom stereocenters. The summed E-state index contributed by atoms with van der Waals surface area (Å²) in [5.74, 6) is 1.30. The van der Waals surface area contributed by atoms with E-state index < -0.39 is 0 Å². The average Bonchev–Trinajstić information content (AvgIpc) is 2.49. The number of carbonyl (C=O) groups excluding carboxylic acids is 1. The maximum Gasteiger partial charge on any atom is 0.254 e. The minimum atomic E-state index is 0.00847. The highest BCUT2D eigenvalue weighted by Crippen LogP contribution is 2.29. The van der Waals surface area contributed by atoms with Gasteiger partial charge in [-0.25, -0.2) is 0 Å². The first-order valence-corrected chi connectivity index (χ1v) is 7.60. The monoisotopic (exact) mass is 292 g/mol. The van der Waals surface area contributed by atoms with Crippen LogP contribution in [0.25, 0.3) is 0 Å². The summed E-state index contributed by atoms with van der Waals surface area (Å²) in [5, 5.41) is 0. The molecule has 2 rings (SSSR count). The summed E-state index contributed by atoms with van der Waals surface area (Å²) in [6.45, 7) is 6.32. The van der Waals surface area contributed by atoms with Crippen molar-refractivity contribution < 1.29 is 14.3 Å². The standard InChI is InChI=1S/C16H24N2O3/c1-3-20-14-8-7-12(10-15(14)21-4-2)16(19)18-9-5-6-13(17)11-18/h7-8,10,13H,3-6,9,11,17H2,1-2H3/t13-/m1/s1. The summed E-state index contributed by atoms with van der Waals surface area (Å²) in [4.78, 5) is 14.4. The van der Waals surface area contributed by atoms with Gasteiger partial charge in [-0.05, 0) is 44.9 Å². The summed E-state index contributed by atoms with van der Waals surface area (Å²) in [5.41, 5.74) is 6.56. The predicted molar refractivity (Wildman–Crippen MR) is 81.9 cm³/mol. The number of benzene rings is 1. The second-order valence-corrected chi connectivity index (χ2v) is 5.18. The van der Waals surface area contributed by atoms with Gasteiger partial charge in [-0.1, -0.05) is 0 Å². The lowest BCUT2D eigenvalue weighted by molar-refractivity contribution is 0.0708. The van der Waals surface area contributed by atoms with Gasteiger partial charge in [0.05, 0.1) is 13.2 Å². The molecule has 0 unspecified atom stereocenters. The van der Waals surface area contributed by atoms with Crippen LogP contribution in [-0.2, 0) is 0 Å². The summed E-state index contributed by atoms with van der Waals surface area (Å²) >= 11 is 0. The molecule has 1 saturated heterocycles. The first-order valence-electron chi connectivity index (χ1n) is 7.60. The molecule has 0 radical (unpaired) electrons. The van der Waals surface area contributed by atoms with Crippen LogP contribution in [0.5, 0.6) is 11.5 Å². The number of hydrogen-bond donors (Lipinski definition) is 1. The number of rotatable bonds is 5. The van der Waals surface area contributed by atoms with Crippen molar-refractivity contribution in [3.8, 4) is 11.5 Å². The third-order valence-electron chi connectivity index (χ3n) is 3.54. The average molecular weight is 292 g/mol. The van der Waals surface area contributed by atoms with Crippen LogP contribution in [0.1, 0.15) is 37.0 Å². The minimum Gasteiger partial charge on any atom is -0.490 e. The Bertz CT molecular complexity index is 490. The molecule has 1 aromatic carbocycles. The van der Waals surface area contributed by atoms with Crippen molar-refractivity contribution >= 4 is 5.91 Å². The molecule has 1 fully saturated rings. The first kappa shape index (κ1) is 15.6. The lowest BCUT2D eigenvalue weighted by Crippen LogP contribution is -2.45. The molecule has 5 nitrogen and oxygen atoms in total. The highest BCUT2D eigenvalue weighted by atomic mass is 16.5. The minimum absolute atomic E-state index is 0.00847. The summed E-state index contributed by atoms with van der Waals surface area (Å²) in [7, 11) is 0. The van der Waals surface area contributed by atoms with Crippen LogP contribution in [0.4, 0.5) is 0 Å². The summed E-state index contributed by atoms with van der Waals surface area (Å²) < 4.78 is 11.1. The van der Waals surface area contributed by atoms with Crippen LogP contribution in [0.3, 0.4) is 0 Å².